The van der Waals surface area contributed by atoms with Gasteiger partial charge in [-0.05, 0) is 24.0 Å². The maximum absolute atomic E-state index is 10.7. The van der Waals surface area contributed by atoms with Crippen molar-refractivity contribution in [1.29, 1.82) is 0 Å². The molecule has 0 bridgehead atoms. The average molecular weight is 240 g/mol. The van der Waals surface area contributed by atoms with Crippen molar-refractivity contribution in [1.82, 2.24) is 9.97 Å². The lowest BCUT2D eigenvalue weighted by Crippen LogP contribution is -2.06. The Morgan fingerprint density at radius 3 is 2.17 bits per heavy atom. The summed E-state index contributed by atoms with van der Waals surface area (Å²) in [5, 5.41) is 8.80. The van der Waals surface area contributed by atoms with E-state index in [1.54, 1.807) is 0 Å². The van der Waals surface area contributed by atoms with E-state index in [4.69, 9.17) is 5.11 Å². The minimum absolute atomic E-state index is 0.134. The fourth-order valence-corrected chi connectivity index (χ4v) is 2.40. The summed E-state index contributed by atoms with van der Waals surface area (Å²) in [7, 11) is 0. The van der Waals surface area contributed by atoms with Crippen molar-refractivity contribution in [3.8, 4) is 0 Å². The van der Waals surface area contributed by atoms with Crippen molar-refractivity contribution >= 4 is 5.97 Å². The van der Waals surface area contributed by atoms with Crippen LogP contribution in [0, 0.1) is 0 Å². The molecule has 0 saturated carbocycles. The normalized spacial score (nSPS) is 14.4. The molecule has 0 aliphatic heterocycles. The Hall–Kier alpha value is -2.23. The van der Waals surface area contributed by atoms with Gasteiger partial charge in [-0.3, -0.25) is 0 Å². The lowest BCUT2D eigenvalue weighted by atomic mass is 10.1. The van der Waals surface area contributed by atoms with Crippen LogP contribution < -0.4 is 0 Å². The predicted molar refractivity (Wildman–Crippen MR) is 65.6 cm³/mol. The summed E-state index contributed by atoms with van der Waals surface area (Å²) in [4.78, 5) is 19.1. The molecular formula is C14H12N2O2. The molecule has 0 unspecified atom stereocenters. The van der Waals surface area contributed by atoms with Crippen molar-refractivity contribution in [3.05, 3.63) is 59.2 Å². The van der Waals surface area contributed by atoms with Crippen LogP contribution in [0.25, 0.3) is 0 Å². The highest BCUT2D eigenvalue weighted by Gasteiger charge is 2.24. The number of nitrogens with zero attached hydrogens (tertiary/aromatic N) is 2. The van der Waals surface area contributed by atoms with E-state index in [9.17, 15) is 4.79 Å². The molecule has 3 rings (SSSR count). The number of hydrogen-bond donors (Lipinski definition) is 1. The molecule has 4 nitrogen and oxygen atoms in total. The van der Waals surface area contributed by atoms with Gasteiger partial charge in [0, 0.05) is 18.3 Å². The third-order valence-corrected chi connectivity index (χ3v) is 3.33. The van der Waals surface area contributed by atoms with Crippen LogP contribution in [0.3, 0.4) is 0 Å². The van der Waals surface area contributed by atoms with Gasteiger partial charge in [0.1, 0.15) is 5.82 Å². The number of carboxylic acids is 1. The van der Waals surface area contributed by atoms with Crippen LogP contribution in [0.1, 0.15) is 33.2 Å². The Morgan fingerprint density at radius 1 is 1.11 bits per heavy atom. The first-order valence-electron chi connectivity index (χ1n) is 5.86. The van der Waals surface area contributed by atoms with Gasteiger partial charge < -0.3 is 5.11 Å². The third kappa shape index (κ3) is 1.86. The highest BCUT2D eigenvalue weighted by Crippen LogP contribution is 2.31. The Morgan fingerprint density at radius 2 is 1.67 bits per heavy atom. The molecule has 0 atom stereocenters. The first-order valence-corrected chi connectivity index (χ1v) is 5.86. The van der Waals surface area contributed by atoms with Gasteiger partial charge >= 0.3 is 5.97 Å². The maximum Gasteiger partial charge on any atom is 0.338 e. The molecule has 1 N–H and O–H groups in total. The molecular weight excluding hydrogens is 228 g/mol. The van der Waals surface area contributed by atoms with Gasteiger partial charge in [-0.1, -0.05) is 24.3 Å². The molecule has 90 valence electrons. The molecule has 1 aliphatic carbocycles. The molecule has 4 heteroatoms. The SMILES string of the molecule is O=C(O)c1cnc(C2Cc3ccccc3C2)nc1. The fourth-order valence-electron chi connectivity index (χ4n) is 2.40. The molecule has 1 heterocycles. The van der Waals surface area contributed by atoms with Gasteiger partial charge in [0.25, 0.3) is 0 Å². The molecule has 0 radical (unpaired) electrons. The molecule has 2 aromatic rings. The van der Waals surface area contributed by atoms with Crippen molar-refractivity contribution in [2.75, 3.05) is 0 Å². The zero-order chi connectivity index (χ0) is 12.5. The second-order valence-corrected chi connectivity index (χ2v) is 4.51. The van der Waals surface area contributed by atoms with Crippen molar-refractivity contribution in [2.45, 2.75) is 18.8 Å². The quantitative estimate of drug-likeness (QED) is 0.872. The van der Waals surface area contributed by atoms with Crippen LogP contribution >= 0.6 is 0 Å². The Bertz CT molecular complexity index is 568. The lowest BCUT2D eigenvalue weighted by Gasteiger charge is -2.06. The lowest BCUT2D eigenvalue weighted by molar-refractivity contribution is 0.0696. The number of hydrogen-bond acceptors (Lipinski definition) is 3. The molecule has 0 spiro atoms. The number of aromatic nitrogens is 2. The van der Waals surface area contributed by atoms with E-state index in [0.717, 1.165) is 18.7 Å². The van der Waals surface area contributed by atoms with E-state index < -0.39 is 5.97 Å². The number of benzene rings is 1. The van der Waals surface area contributed by atoms with Crippen LogP contribution in [-0.4, -0.2) is 21.0 Å². The Labute approximate surface area is 104 Å². The molecule has 0 saturated heterocycles. The molecule has 1 aromatic heterocycles. The molecule has 0 fully saturated rings. The molecule has 18 heavy (non-hydrogen) atoms. The summed E-state index contributed by atoms with van der Waals surface area (Å²) in [6, 6.07) is 8.33. The zero-order valence-corrected chi connectivity index (χ0v) is 9.71. The summed E-state index contributed by atoms with van der Waals surface area (Å²) in [6.45, 7) is 0. The second kappa shape index (κ2) is 4.22. The van der Waals surface area contributed by atoms with Gasteiger partial charge in [-0.15, -0.1) is 0 Å². The van der Waals surface area contributed by atoms with Crippen LogP contribution in [0.5, 0.6) is 0 Å². The minimum Gasteiger partial charge on any atom is -0.478 e. The first kappa shape index (κ1) is 10.9. The van der Waals surface area contributed by atoms with Crippen LogP contribution in [0.15, 0.2) is 36.7 Å². The van der Waals surface area contributed by atoms with Gasteiger partial charge in [-0.2, -0.15) is 0 Å². The van der Waals surface area contributed by atoms with E-state index in [1.165, 1.54) is 23.5 Å². The number of carbonyl (C=O) groups is 1. The molecule has 0 amide bonds. The maximum atomic E-state index is 10.7. The summed E-state index contributed by atoms with van der Waals surface area (Å²) >= 11 is 0. The predicted octanol–water partition coefficient (Wildman–Crippen LogP) is 2.06. The summed E-state index contributed by atoms with van der Waals surface area (Å²) in [5.74, 6) is 0.0118. The van der Waals surface area contributed by atoms with Crippen molar-refractivity contribution in [2.24, 2.45) is 0 Å². The van der Waals surface area contributed by atoms with Crippen LogP contribution in [0.4, 0.5) is 0 Å². The average Bonchev–Trinajstić information content (AvgIpc) is 2.82. The van der Waals surface area contributed by atoms with Gasteiger partial charge in [0.05, 0.1) is 5.56 Å². The van der Waals surface area contributed by atoms with E-state index in [-0.39, 0.29) is 11.5 Å². The number of rotatable bonds is 2. The highest BCUT2D eigenvalue weighted by molar-refractivity contribution is 5.86. The Kier molecular flexibility index (Phi) is 2.55. The third-order valence-electron chi connectivity index (χ3n) is 3.33. The number of fused-ring (bicyclic) bond motifs is 1. The highest BCUT2D eigenvalue weighted by atomic mass is 16.4. The molecule has 1 aliphatic rings. The van der Waals surface area contributed by atoms with Crippen molar-refractivity contribution in [3.63, 3.8) is 0 Å². The number of carboxylic acid groups (broad SMARTS) is 1. The van der Waals surface area contributed by atoms with Crippen molar-refractivity contribution < 1.29 is 9.90 Å². The summed E-state index contributed by atoms with van der Waals surface area (Å²) < 4.78 is 0. The summed E-state index contributed by atoms with van der Waals surface area (Å²) in [5.41, 5.74) is 2.82. The first-order chi connectivity index (χ1) is 8.74. The van der Waals surface area contributed by atoms with Gasteiger partial charge in [0.15, 0.2) is 0 Å². The summed E-state index contributed by atoms with van der Waals surface area (Å²) in [6.07, 6.45) is 4.63. The zero-order valence-electron chi connectivity index (χ0n) is 9.71. The largest absolute Gasteiger partial charge is 0.478 e. The fraction of sp³-hybridized carbons (Fsp3) is 0.214. The van der Waals surface area contributed by atoms with E-state index >= 15 is 0 Å². The van der Waals surface area contributed by atoms with E-state index in [1.807, 2.05) is 12.1 Å². The van der Waals surface area contributed by atoms with Gasteiger partial charge in [-0.25, -0.2) is 14.8 Å². The molecule has 1 aromatic carbocycles. The number of aromatic carboxylic acids is 1. The van der Waals surface area contributed by atoms with Crippen LogP contribution in [-0.2, 0) is 12.8 Å². The second-order valence-electron chi connectivity index (χ2n) is 4.51. The monoisotopic (exact) mass is 240 g/mol. The Balaban J connectivity index is 1.84. The van der Waals surface area contributed by atoms with E-state index in [2.05, 4.69) is 22.1 Å². The van der Waals surface area contributed by atoms with Crippen LogP contribution in [0.2, 0.25) is 0 Å². The smallest absolute Gasteiger partial charge is 0.338 e. The minimum atomic E-state index is -0.990. The topological polar surface area (TPSA) is 63.1 Å². The standard InChI is InChI=1S/C14H12N2O2/c17-14(18)12-7-15-13(16-8-12)11-5-9-3-1-2-4-10(9)6-11/h1-4,7-8,11H,5-6H2,(H,17,18). The van der Waals surface area contributed by atoms with Gasteiger partial charge in [0.2, 0.25) is 0 Å². The van der Waals surface area contributed by atoms with E-state index in [0.29, 0.717) is 0 Å².